The Labute approximate surface area is 98.9 Å². The van der Waals surface area contributed by atoms with E-state index in [1.807, 2.05) is 6.92 Å². The van der Waals surface area contributed by atoms with Crippen LogP contribution in [0.3, 0.4) is 0 Å². The van der Waals surface area contributed by atoms with Gasteiger partial charge in [-0.25, -0.2) is 0 Å². The van der Waals surface area contributed by atoms with Crippen molar-refractivity contribution in [2.45, 2.75) is 45.6 Å². The second-order valence-corrected chi connectivity index (χ2v) is 4.48. The number of piperidine rings is 1. The molecule has 1 amide bonds. The molecule has 1 rings (SSSR count). The molecule has 1 aliphatic heterocycles. The van der Waals surface area contributed by atoms with Crippen LogP contribution < -0.4 is 5.32 Å². The van der Waals surface area contributed by atoms with Gasteiger partial charge >= 0.3 is 0 Å². The predicted molar refractivity (Wildman–Crippen MR) is 67.3 cm³/mol. The van der Waals surface area contributed by atoms with Gasteiger partial charge < -0.3 is 10.2 Å². The highest BCUT2D eigenvalue weighted by Crippen LogP contribution is 2.10. The summed E-state index contributed by atoms with van der Waals surface area (Å²) in [7, 11) is 0. The summed E-state index contributed by atoms with van der Waals surface area (Å²) in [6.45, 7) is 7.56. The van der Waals surface area contributed by atoms with E-state index in [9.17, 15) is 4.79 Å². The third-order valence-electron chi connectivity index (χ3n) is 3.08. The zero-order chi connectivity index (χ0) is 11.8. The first-order valence-electron chi connectivity index (χ1n) is 6.41. The molecule has 92 valence electrons. The summed E-state index contributed by atoms with van der Waals surface area (Å²) in [5, 5.41) is 3.04. The lowest BCUT2D eigenvalue weighted by Crippen LogP contribution is -2.44. The van der Waals surface area contributed by atoms with Gasteiger partial charge in [-0.3, -0.25) is 4.79 Å². The molecule has 3 heteroatoms. The summed E-state index contributed by atoms with van der Waals surface area (Å²) in [5.41, 5.74) is 0. The molecule has 1 fully saturated rings. The SMILES string of the molecule is CC=CC(=O)NC1CCN(CCCC)CC1. The van der Waals surface area contributed by atoms with Gasteiger partial charge in [0.15, 0.2) is 0 Å². The molecule has 1 N–H and O–H groups in total. The maximum atomic E-state index is 11.4. The number of carbonyl (C=O) groups is 1. The summed E-state index contributed by atoms with van der Waals surface area (Å²) in [6.07, 6.45) is 8.11. The van der Waals surface area contributed by atoms with E-state index in [-0.39, 0.29) is 5.91 Å². The second kappa shape index (κ2) is 7.44. The summed E-state index contributed by atoms with van der Waals surface area (Å²) < 4.78 is 0. The molecule has 1 aliphatic rings. The Morgan fingerprint density at radius 1 is 1.44 bits per heavy atom. The van der Waals surface area contributed by atoms with Crippen molar-refractivity contribution in [2.24, 2.45) is 0 Å². The molecule has 0 bridgehead atoms. The highest BCUT2D eigenvalue weighted by Gasteiger charge is 2.19. The first-order chi connectivity index (χ1) is 7.76. The van der Waals surface area contributed by atoms with E-state index in [0.29, 0.717) is 6.04 Å². The van der Waals surface area contributed by atoms with Crippen LogP contribution in [0, 0.1) is 0 Å². The number of hydrogen-bond acceptors (Lipinski definition) is 2. The van der Waals surface area contributed by atoms with Crippen LogP contribution in [0.25, 0.3) is 0 Å². The van der Waals surface area contributed by atoms with E-state index in [1.54, 1.807) is 12.2 Å². The Kier molecular flexibility index (Phi) is 6.16. The van der Waals surface area contributed by atoms with Crippen molar-refractivity contribution < 1.29 is 4.79 Å². The Morgan fingerprint density at radius 2 is 2.12 bits per heavy atom. The number of amides is 1. The molecule has 1 heterocycles. The Hall–Kier alpha value is -0.830. The number of allylic oxidation sites excluding steroid dienone is 1. The fourth-order valence-corrected chi connectivity index (χ4v) is 2.08. The number of nitrogens with one attached hydrogen (secondary N) is 1. The fraction of sp³-hybridized carbons (Fsp3) is 0.769. The third-order valence-corrected chi connectivity index (χ3v) is 3.08. The van der Waals surface area contributed by atoms with Crippen molar-refractivity contribution >= 4 is 5.91 Å². The lowest BCUT2D eigenvalue weighted by atomic mass is 10.0. The van der Waals surface area contributed by atoms with Crippen LogP contribution in [0.1, 0.15) is 39.5 Å². The third kappa shape index (κ3) is 4.79. The van der Waals surface area contributed by atoms with E-state index in [0.717, 1.165) is 25.9 Å². The molecule has 0 atom stereocenters. The minimum atomic E-state index is 0.0505. The van der Waals surface area contributed by atoms with Gasteiger partial charge in [0.05, 0.1) is 0 Å². The number of nitrogens with zero attached hydrogens (tertiary/aromatic N) is 1. The first kappa shape index (κ1) is 13.2. The highest BCUT2D eigenvalue weighted by atomic mass is 16.1. The maximum Gasteiger partial charge on any atom is 0.243 e. The summed E-state index contributed by atoms with van der Waals surface area (Å²) in [4.78, 5) is 13.9. The largest absolute Gasteiger partial charge is 0.350 e. The standard InChI is InChI=1S/C13H24N2O/c1-3-5-9-15-10-7-12(8-11-15)14-13(16)6-4-2/h4,6,12H,3,5,7-11H2,1-2H3,(H,14,16). The number of unbranched alkanes of at least 4 members (excludes halogenated alkanes) is 1. The van der Waals surface area contributed by atoms with Gasteiger partial charge in [0.1, 0.15) is 0 Å². The molecule has 3 nitrogen and oxygen atoms in total. The number of likely N-dealkylation sites (tertiary alicyclic amines) is 1. The lowest BCUT2D eigenvalue weighted by Gasteiger charge is -2.32. The topological polar surface area (TPSA) is 32.3 Å². The van der Waals surface area contributed by atoms with E-state index in [4.69, 9.17) is 0 Å². The van der Waals surface area contributed by atoms with Gasteiger partial charge in [0.25, 0.3) is 0 Å². The zero-order valence-corrected chi connectivity index (χ0v) is 10.5. The van der Waals surface area contributed by atoms with Crippen LogP contribution in [0.5, 0.6) is 0 Å². The van der Waals surface area contributed by atoms with Gasteiger partial charge in [-0.15, -0.1) is 0 Å². The molecule has 0 aromatic carbocycles. The van der Waals surface area contributed by atoms with Gasteiger partial charge in [-0.05, 0) is 38.8 Å². The molecular formula is C13H24N2O. The van der Waals surface area contributed by atoms with Crippen LogP contribution in [-0.4, -0.2) is 36.5 Å². The first-order valence-corrected chi connectivity index (χ1v) is 6.41. The molecule has 0 aromatic heterocycles. The van der Waals surface area contributed by atoms with Crippen LogP contribution in [0.15, 0.2) is 12.2 Å². The van der Waals surface area contributed by atoms with Crippen molar-refractivity contribution in [3.8, 4) is 0 Å². The van der Waals surface area contributed by atoms with Crippen LogP contribution in [0.4, 0.5) is 0 Å². The Balaban J connectivity index is 2.19. The van der Waals surface area contributed by atoms with E-state index in [1.165, 1.54) is 19.4 Å². The molecule has 0 spiro atoms. The van der Waals surface area contributed by atoms with Crippen molar-refractivity contribution in [3.63, 3.8) is 0 Å². The normalized spacial score (nSPS) is 19.1. The van der Waals surface area contributed by atoms with Crippen molar-refractivity contribution in [3.05, 3.63) is 12.2 Å². The van der Waals surface area contributed by atoms with E-state index >= 15 is 0 Å². The number of hydrogen-bond donors (Lipinski definition) is 1. The van der Waals surface area contributed by atoms with Crippen LogP contribution in [-0.2, 0) is 4.79 Å². The molecule has 0 unspecified atom stereocenters. The smallest absolute Gasteiger partial charge is 0.243 e. The fourth-order valence-electron chi connectivity index (χ4n) is 2.08. The summed E-state index contributed by atoms with van der Waals surface area (Å²) >= 11 is 0. The molecule has 16 heavy (non-hydrogen) atoms. The van der Waals surface area contributed by atoms with Crippen molar-refractivity contribution in [1.82, 2.24) is 10.2 Å². The highest BCUT2D eigenvalue weighted by molar-refractivity contribution is 5.87. The van der Waals surface area contributed by atoms with Crippen LogP contribution in [0.2, 0.25) is 0 Å². The minimum absolute atomic E-state index is 0.0505. The minimum Gasteiger partial charge on any atom is -0.350 e. The van der Waals surface area contributed by atoms with Crippen LogP contribution >= 0.6 is 0 Å². The summed E-state index contributed by atoms with van der Waals surface area (Å²) in [6, 6.07) is 0.376. The quantitative estimate of drug-likeness (QED) is 0.724. The summed E-state index contributed by atoms with van der Waals surface area (Å²) in [5.74, 6) is 0.0505. The molecule has 0 saturated carbocycles. The molecular weight excluding hydrogens is 200 g/mol. The zero-order valence-electron chi connectivity index (χ0n) is 10.5. The molecule has 1 saturated heterocycles. The van der Waals surface area contributed by atoms with Gasteiger partial charge in [-0.1, -0.05) is 19.4 Å². The van der Waals surface area contributed by atoms with Gasteiger partial charge in [-0.2, -0.15) is 0 Å². The molecule has 0 radical (unpaired) electrons. The average molecular weight is 224 g/mol. The maximum absolute atomic E-state index is 11.4. The average Bonchev–Trinajstić information content (AvgIpc) is 2.28. The molecule has 0 aromatic rings. The monoisotopic (exact) mass is 224 g/mol. The molecule has 0 aliphatic carbocycles. The van der Waals surface area contributed by atoms with Crippen molar-refractivity contribution in [1.29, 1.82) is 0 Å². The lowest BCUT2D eigenvalue weighted by molar-refractivity contribution is -0.117. The van der Waals surface area contributed by atoms with E-state index in [2.05, 4.69) is 17.1 Å². The number of carbonyl (C=O) groups excluding carboxylic acids is 1. The Morgan fingerprint density at radius 3 is 2.69 bits per heavy atom. The Bertz CT molecular complexity index is 230. The number of rotatable bonds is 5. The van der Waals surface area contributed by atoms with Crippen molar-refractivity contribution in [2.75, 3.05) is 19.6 Å². The van der Waals surface area contributed by atoms with Gasteiger partial charge in [0, 0.05) is 19.1 Å². The van der Waals surface area contributed by atoms with E-state index < -0.39 is 0 Å². The van der Waals surface area contributed by atoms with Gasteiger partial charge in [0.2, 0.25) is 5.91 Å². The predicted octanol–water partition coefficient (Wildman–Crippen LogP) is 1.94. The second-order valence-electron chi connectivity index (χ2n) is 4.48.